The number of hydrogen-bond acceptors (Lipinski definition) is 3. The van der Waals surface area contributed by atoms with Crippen molar-refractivity contribution in [1.29, 1.82) is 0 Å². The summed E-state index contributed by atoms with van der Waals surface area (Å²) in [7, 11) is 0. The van der Waals surface area contributed by atoms with Crippen LogP contribution in [0.3, 0.4) is 0 Å². The van der Waals surface area contributed by atoms with Crippen LogP contribution in [0.4, 0.5) is 5.69 Å². The van der Waals surface area contributed by atoms with E-state index in [-0.39, 0.29) is 5.91 Å². The third-order valence-electron chi connectivity index (χ3n) is 2.13. The van der Waals surface area contributed by atoms with Crippen molar-refractivity contribution in [3.8, 4) is 0 Å². The van der Waals surface area contributed by atoms with E-state index in [2.05, 4.69) is 17.6 Å². The molecule has 0 aromatic heterocycles. The van der Waals surface area contributed by atoms with Crippen LogP contribution in [0.5, 0.6) is 0 Å². The van der Waals surface area contributed by atoms with Gasteiger partial charge in [-0.3, -0.25) is 4.79 Å². The Hall–Kier alpha value is -1.00. The van der Waals surface area contributed by atoms with Crippen LogP contribution in [0.15, 0.2) is 29.2 Å². The highest BCUT2D eigenvalue weighted by molar-refractivity contribution is 7.99. The van der Waals surface area contributed by atoms with Gasteiger partial charge < -0.3 is 10.6 Å². The summed E-state index contributed by atoms with van der Waals surface area (Å²) in [5, 5.41) is 6.03. The summed E-state index contributed by atoms with van der Waals surface area (Å²) in [6, 6.07) is 8.21. The van der Waals surface area contributed by atoms with Crippen LogP contribution in [-0.2, 0) is 4.79 Å². The van der Waals surface area contributed by atoms with E-state index in [9.17, 15) is 4.79 Å². The molecular formula is C13H20N2OS. The molecule has 94 valence electrons. The maximum atomic E-state index is 11.7. The molecule has 0 aliphatic carbocycles. The van der Waals surface area contributed by atoms with E-state index in [0.29, 0.717) is 12.6 Å². The molecule has 1 amide bonds. The summed E-state index contributed by atoms with van der Waals surface area (Å²) < 4.78 is 0. The molecule has 0 aliphatic rings. The molecule has 1 rings (SSSR count). The number of amides is 1. The van der Waals surface area contributed by atoms with Crippen molar-refractivity contribution < 1.29 is 4.79 Å². The Morgan fingerprint density at radius 3 is 2.71 bits per heavy atom. The Balaban J connectivity index is 2.58. The first-order chi connectivity index (χ1) is 8.13. The second-order valence-electron chi connectivity index (χ2n) is 4.01. The number of anilines is 1. The zero-order valence-electron chi connectivity index (χ0n) is 10.6. The van der Waals surface area contributed by atoms with E-state index in [1.54, 1.807) is 11.8 Å². The van der Waals surface area contributed by atoms with Crippen molar-refractivity contribution in [2.45, 2.75) is 31.7 Å². The first-order valence-corrected chi connectivity index (χ1v) is 6.87. The lowest BCUT2D eigenvalue weighted by Crippen LogP contribution is -2.32. The van der Waals surface area contributed by atoms with Crippen molar-refractivity contribution in [2.75, 3.05) is 17.6 Å². The van der Waals surface area contributed by atoms with Crippen molar-refractivity contribution in [2.24, 2.45) is 0 Å². The van der Waals surface area contributed by atoms with Gasteiger partial charge in [0.25, 0.3) is 0 Å². The number of benzene rings is 1. The molecule has 3 nitrogen and oxygen atoms in total. The third-order valence-corrected chi connectivity index (χ3v) is 3.09. The number of carbonyl (C=O) groups excluding carboxylic acids is 1. The first kappa shape index (κ1) is 14.1. The predicted octanol–water partition coefficient (Wildman–Crippen LogP) is 2.74. The van der Waals surface area contributed by atoms with Crippen LogP contribution in [-0.4, -0.2) is 24.2 Å². The molecule has 0 saturated heterocycles. The van der Waals surface area contributed by atoms with Crippen molar-refractivity contribution in [3.63, 3.8) is 0 Å². The summed E-state index contributed by atoms with van der Waals surface area (Å²) >= 11 is 1.73. The summed E-state index contributed by atoms with van der Waals surface area (Å²) in [5.41, 5.74) is 0.898. The minimum absolute atomic E-state index is 0.00264. The number of nitrogens with one attached hydrogen (secondary N) is 2. The van der Waals surface area contributed by atoms with Gasteiger partial charge in [-0.15, -0.1) is 11.8 Å². The summed E-state index contributed by atoms with van der Waals surface area (Å²) in [6.45, 7) is 6.49. The Labute approximate surface area is 107 Å². The average molecular weight is 252 g/mol. The lowest BCUT2D eigenvalue weighted by Gasteiger charge is -2.11. The van der Waals surface area contributed by atoms with Gasteiger partial charge in [-0.1, -0.05) is 32.9 Å². The monoisotopic (exact) mass is 252 g/mol. The van der Waals surface area contributed by atoms with Gasteiger partial charge in [-0.25, -0.2) is 0 Å². The standard InChI is InChI=1S/C13H20N2OS/c1-4-17-12-8-6-5-7-11(12)15-13(16)9-14-10(2)3/h5-8,10,14H,4,9H2,1-3H3,(H,15,16). The zero-order chi connectivity index (χ0) is 12.7. The van der Waals surface area contributed by atoms with Crippen molar-refractivity contribution in [1.82, 2.24) is 5.32 Å². The Morgan fingerprint density at radius 2 is 2.06 bits per heavy atom. The maximum absolute atomic E-state index is 11.7. The second-order valence-corrected chi connectivity index (χ2v) is 5.32. The molecule has 0 bridgehead atoms. The summed E-state index contributed by atoms with van der Waals surface area (Å²) in [6.07, 6.45) is 0. The first-order valence-electron chi connectivity index (χ1n) is 5.88. The molecule has 0 fully saturated rings. The van der Waals surface area contributed by atoms with E-state index in [4.69, 9.17) is 0 Å². The Morgan fingerprint density at radius 1 is 1.35 bits per heavy atom. The fourth-order valence-corrected chi connectivity index (χ4v) is 2.10. The molecule has 0 radical (unpaired) electrons. The fourth-order valence-electron chi connectivity index (χ4n) is 1.34. The van der Waals surface area contributed by atoms with Gasteiger partial charge in [0, 0.05) is 10.9 Å². The maximum Gasteiger partial charge on any atom is 0.238 e. The molecule has 0 aliphatic heterocycles. The second kappa shape index (κ2) is 7.35. The third kappa shape index (κ3) is 5.24. The largest absolute Gasteiger partial charge is 0.324 e. The molecule has 0 unspecified atom stereocenters. The Bertz CT molecular complexity index is 366. The zero-order valence-corrected chi connectivity index (χ0v) is 11.4. The topological polar surface area (TPSA) is 41.1 Å². The fraction of sp³-hybridized carbons (Fsp3) is 0.462. The van der Waals surface area contributed by atoms with Crippen LogP contribution in [0.25, 0.3) is 0 Å². The summed E-state index contributed by atoms with van der Waals surface area (Å²) in [5.74, 6) is 1.000. The van der Waals surface area contributed by atoms with Crippen LogP contribution >= 0.6 is 11.8 Å². The van der Waals surface area contributed by atoms with Crippen molar-refractivity contribution >= 4 is 23.4 Å². The highest BCUT2D eigenvalue weighted by Crippen LogP contribution is 2.26. The lowest BCUT2D eigenvalue weighted by atomic mass is 10.3. The van der Waals surface area contributed by atoms with E-state index in [1.165, 1.54) is 0 Å². The molecule has 0 heterocycles. The van der Waals surface area contributed by atoms with Gasteiger partial charge in [0.2, 0.25) is 5.91 Å². The van der Waals surface area contributed by atoms with Gasteiger partial charge in [0.15, 0.2) is 0 Å². The molecule has 4 heteroatoms. The van der Waals surface area contributed by atoms with Gasteiger partial charge in [0.1, 0.15) is 0 Å². The van der Waals surface area contributed by atoms with Crippen molar-refractivity contribution in [3.05, 3.63) is 24.3 Å². The van der Waals surface area contributed by atoms with Gasteiger partial charge in [-0.2, -0.15) is 0 Å². The van der Waals surface area contributed by atoms with E-state index >= 15 is 0 Å². The summed E-state index contributed by atoms with van der Waals surface area (Å²) in [4.78, 5) is 12.8. The molecule has 0 spiro atoms. The molecule has 1 aromatic carbocycles. The van der Waals surface area contributed by atoms with Crippen LogP contribution < -0.4 is 10.6 Å². The van der Waals surface area contributed by atoms with E-state index in [1.807, 2.05) is 38.1 Å². The minimum Gasteiger partial charge on any atom is -0.324 e. The van der Waals surface area contributed by atoms with Gasteiger partial charge >= 0.3 is 0 Å². The molecular weight excluding hydrogens is 232 g/mol. The molecule has 17 heavy (non-hydrogen) atoms. The van der Waals surface area contributed by atoms with E-state index < -0.39 is 0 Å². The van der Waals surface area contributed by atoms with Crippen LogP contribution in [0.2, 0.25) is 0 Å². The number of carbonyl (C=O) groups is 1. The van der Waals surface area contributed by atoms with Gasteiger partial charge in [0.05, 0.1) is 12.2 Å². The number of para-hydroxylation sites is 1. The lowest BCUT2D eigenvalue weighted by molar-refractivity contribution is -0.115. The highest BCUT2D eigenvalue weighted by atomic mass is 32.2. The smallest absolute Gasteiger partial charge is 0.238 e. The van der Waals surface area contributed by atoms with Crippen LogP contribution in [0.1, 0.15) is 20.8 Å². The SMILES string of the molecule is CCSc1ccccc1NC(=O)CNC(C)C. The van der Waals surface area contributed by atoms with E-state index in [0.717, 1.165) is 16.3 Å². The number of rotatable bonds is 6. The van der Waals surface area contributed by atoms with Gasteiger partial charge in [-0.05, 0) is 17.9 Å². The normalized spacial score (nSPS) is 10.6. The number of hydrogen-bond donors (Lipinski definition) is 2. The molecule has 0 atom stereocenters. The quantitative estimate of drug-likeness (QED) is 0.765. The molecule has 0 saturated carbocycles. The van der Waals surface area contributed by atoms with Crippen LogP contribution in [0, 0.1) is 0 Å². The average Bonchev–Trinajstić information content (AvgIpc) is 2.29. The Kier molecular flexibility index (Phi) is 6.08. The number of thioether (sulfide) groups is 1. The predicted molar refractivity (Wildman–Crippen MR) is 74.6 cm³/mol. The highest BCUT2D eigenvalue weighted by Gasteiger charge is 2.06. The molecule has 1 aromatic rings. The minimum atomic E-state index is 0.00264. The molecule has 2 N–H and O–H groups in total.